The molecule has 19 heavy (non-hydrogen) atoms. The van der Waals surface area contributed by atoms with Crippen molar-refractivity contribution in [3.05, 3.63) is 22.7 Å². The van der Waals surface area contributed by atoms with E-state index in [1.54, 1.807) is 17.0 Å². The van der Waals surface area contributed by atoms with Crippen LogP contribution in [-0.4, -0.2) is 33.2 Å². The van der Waals surface area contributed by atoms with Gasteiger partial charge in [-0.1, -0.05) is 6.92 Å². The van der Waals surface area contributed by atoms with Gasteiger partial charge in [0.1, 0.15) is 0 Å². The molecule has 0 amide bonds. The van der Waals surface area contributed by atoms with Crippen LogP contribution in [0.4, 0.5) is 5.82 Å². The van der Waals surface area contributed by atoms with Crippen molar-refractivity contribution in [3.63, 3.8) is 0 Å². The lowest BCUT2D eigenvalue weighted by molar-refractivity contribution is -0.136. The zero-order valence-electron chi connectivity index (χ0n) is 11.1. The number of rotatable bonds is 7. The highest BCUT2D eigenvalue weighted by molar-refractivity contribution is 5.67. The highest BCUT2D eigenvalue weighted by atomic mass is 16.4. The molecule has 1 N–H and O–H groups in total. The van der Waals surface area contributed by atoms with Crippen molar-refractivity contribution in [3.8, 4) is 0 Å². The molecule has 6 nitrogen and oxygen atoms in total. The summed E-state index contributed by atoms with van der Waals surface area (Å²) in [7, 11) is 0. The van der Waals surface area contributed by atoms with Gasteiger partial charge in [-0.25, -0.2) is 4.98 Å². The number of anilines is 1. The maximum absolute atomic E-state index is 12.3. The predicted molar refractivity (Wildman–Crippen MR) is 71.4 cm³/mol. The molecular formula is C13H19N3O3. The third kappa shape index (κ3) is 3.33. The van der Waals surface area contributed by atoms with Crippen LogP contribution in [0.3, 0.4) is 0 Å². The summed E-state index contributed by atoms with van der Waals surface area (Å²) in [6, 6.07) is 0.275. The highest BCUT2D eigenvalue weighted by Gasteiger charge is 2.31. The average molecular weight is 265 g/mol. The Hall–Kier alpha value is -1.85. The summed E-state index contributed by atoms with van der Waals surface area (Å²) < 4.78 is 1.64. The summed E-state index contributed by atoms with van der Waals surface area (Å²) in [4.78, 5) is 29.0. The molecule has 1 heterocycles. The molecular weight excluding hydrogens is 246 g/mol. The maximum Gasteiger partial charge on any atom is 0.305 e. The Balaban J connectivity index is 2.23. The molecule has 0 bridgehead atoms. The lowest BCUT2D eigenvalue weighted by atomic mass is 10.3. The Morgan fingerprint density at radius 2 is 2.32 bits per heavy atom. The zero-order chi connectivity index (χ0) is 13.8. The van der Waals surface area contributed by atoms with E-state index in [1.807, 2.05) is 11.8 Å². The van der Waals surface area contributed by atoms with Gasteiger partial charge in [0.05, 0.1) is 6.42 Å². The highest BCUT2D eigenvalue weighted by Crippen LogP contribution is 2.29. The molecule has 1 aliphatic carbocycles. The van der Waals surface area contributed by atoms with Crippen LogP contribution in [0.25, 0.3) is 0 Å². The molecule has 0 radical (unpaired) electrons. The summed E-state index contributed by atoms with van der Waals surface area (Å²) in [6.45, 7) is 3.01. The second-order valence-electron chi connectivity index (χ2n) is 4.82. The van der Waals surface area contributed by atoms with Crippen molar-refractivity contribution in [2.75, 3.05) is 11.4 Å². The zero-order valence-corrected chi connectivity index (χ0v) is 11.1. The van der Waals surface area contributed by atoms with E-state index in [9.17, 15) is 9.59 Å². The first kappa shape index (κ1) is 13.6. The molecule has 0 saturated heterocycles. The SMILES string of the molecule is CCCn1ccnc(N(CCC(=O)O)C2CC2)c1=O. The lowest BCUT2D eigenvalue weighted by Crippen LogP contribution is -2.36. The van der Waals surface area contributed by atoms with Gasteiger partial charge in [-0.05, 0) is 19.3 Å². The molecule has 6 heteroatoms. The summed E-state index contributed by atoms with van der Waals surface area (Å²) in [5, 5.41) is 8.79. The number of carbonyl (C=O) groups is 1. The third-order valence-corrected chi connectivity index (χ3v) is 3.19. The first-order valence-corrected chi connectivity index (χ1v) is 6.67. The number of aromatic nitrogens is 2. The summed E-state index contributed by atoms with van der Waals surface area (Å²) >= 11 is 0. The van der Waals surface area contributed by atoms with Crippen molar-refractivity contribution >= 4 is 11.8 Å². The fourth-order valence-electron chi connectivity index (χ4n) is 2.11. The smallest absolute Gasteiger partial charge is 0.305 e. The normalized spacial score (nSPS) is 14.4. The van der Waals surface area contributed by atoms with Gasteiger partial charge in [-0.2, -0.15) is 0 Å². The van der Waals surface area contributed by atoms with Gasteiger partial charge in [0.15, 0.2) is 5.82 Å². The number of nitrogens with zero attached hydrogens (tertiary/aromatic N) is 3. The van der Waals surface area contributed by atoms with Crippen LogP contribution in [0.1, 0.15) is 32.6 Å². The number of aliphatic carboxylic acids is 1. The van der Waals surface area contributed by atoms with Gasteiger partial charge < -0.3 is 14.6 Å². The van der Waals surface area contributed by atoms with Gasteiger partial charge in [0, 0.05) is 31.5 Å². The first-order chi connectivity index (χ1) is 9.13. The molecule has 0 aromatic carbocycles. The van der Waals surface area contributed by atoms with E-state index in [-0.39, 0.29) is 18.0 Å². The van der Waals surface area contributed by atoms with Crippen molar-refractivity contribution in [2.45, 2.75) is 45.2 Å². The van der Waals surface area contributed by atoms with E-state index in [4.69, 9.17) is 5.11 Å². The van der Waals surface area contributed by atoms with Crippen molar-refractivity contribution in [2.24, 2.45) is 0 Å². The molecule has 1 fully saturated rings. The van der Waals surface area contributed by atoms with E-state index < -0.39 is 5.97 Å². The molecule has 1 saturated carbocycles. The average Bonchev–Trinajstić information content (AvgIpc) is 3.18. The van der Waals surface area contributed by atoms with Gasteiger partial charge in [0.25, 0.3) is 5.56 Å². The van der Waals surface area contributed by atoms with Crippen LogP contribution in [0.15, 0.2) is 17.2 Å². The molecule has 1 aliphatic rings. The van der Waals surface area contributed by atoms with Crippen LogP contribution < -0.4 is 10.5 Å². The minimum absolute atomic E-state index is 0.0281. The second-order valence-corrected chi connectivity index (χ2v) is 4.82. The fraction of sp³-hybridized carbons (Fsp3) is 0.615. The molecule has 104 valence electrons. The monoisotopic (exact) mass is 265 g/mol. The Morgan fingerprint density at radius 3 is 2.89 bits per heavy atom. The van der Waals surface area contributed by atoms with Crippen molar-refractivity contribution in [1.29, 1.82) is 0 Å². The van der Waals surface area contributed by atoms with E-state index >= 15 is 0 Å². The van der Waals surface area contributed by atoms with Crippen LogP contribution in [0.5, 0.6) is 0 Å². The summed E-state index contributed by atoms with van der Waals surface area (Å²) in [5.74, 6) is -0.463. The number of hydrogen-bond donors (Lipinski definition) is 1. The van der Waals surface area contributed by atoms with E-state index in [1.165, 1.54) is 0 Å². The third-order valence-electron chi connectivity index (χ3n) is 3.19. The minimum atomic E-state index is -0.851. The first-order valence-electron chi connectivity index (χ1n) is 6.67. The molecule has 0 unspecified atom stereocenters. The van der Waals surface area contributed by atoms with Gasteiger partial charge in [-0.3, -0.25) is 9.59 Å². The van der Waals surface area contributed by atoms with Gasteiger partial charge in [-0.15, -0.1) is 0 Å². The quantitative estimate of drug-likeness (QED) is 0.799. The molecule has 0 atom stereocenters. The summed E-state index contributed by atoms with van der Waals surface area (Å²) in [5.41, 5.74) is -0.123. The van der Waals surface area contributed by atoms with Crippen molar-refractivity contribution in [1.82, 2.24) is 9.55 Å². The van der Waals surface area contributed by atoms with Crippen molar-refractivity contribution < 1.29 is 9.90 Å². The van der Waals surface area contributed by atoms with E-state index in [2.05, 4.69) is 4.98 Å². The van der Waals surface area contributed by atoms with E-state index in [0.717, 1.165) is 19.3 Å². The molecule has 0 spiro atoms. The number of carboxylic acids is 1. The van der Waals surface area contributed by atoms with Gasteiger partial charge >= 0.3 is 5.97 Å². The van der Waals surface area contributed by atoms with Crippen LogP contribution in [0.2, 0.25) is 0 Å². The lowest BCUT2D eigenvalue weighted by Gasteiger charge is -2.22. The minimum Gasteiger partial charge on any atom is -0.481 e. The number of hydrogen-bond acceptors (Lipinski definition) is 4. The largest absolute Gasteiger partial charge is 0.481 e. The van der Waals surface area contributed by atoms with Crippen LogP contribution >= 0.6 is 0 Å². The Kier molecular flexibility index (Phi) is 4.19. The fourth-order valence-corrected chi connectivity index (χ4v) is 2.11. The second kappa shape index (κ2) is 5.86. The van der Waals surface area contributed by atoms with E-state index in [0.29, 0.717) is 18.9 Å². The Bertz CT molecular complexity index is 508. The number of carboxylic acid groups (broad SMARTS) is 1. The molecule has 1 aromatic heterocycles. The van der Waals surface area contributed by atoms with Crippen LogP contribution in [0, 0.1) is 0 Å². The maximum atomic E-state index is 12.3. The molecule has 1 aromatic rings. The number of aryl methyl sites for hydroxylation is 1. The standard InChI is InChI=1S/C13H19N3O3/c1-2-7-15-9-6-14-12(13(15)19)16(10-3-4-10)8-5-11(17)18/h6,9-10H,2-5,7-8H2,1H3,(H,17,18). The summed E-state index contributed by atoms with van der Waals surface area (Å²) in [6.07, 6.45) is 6.20. The molecule has 0 aliphatic heterocycles. The Morgan fingerprint density at radius 1 is 1.58 bits per heavy atom. The Labute approximate surface area is 111 Å². The van der Waals surface area contributed by atoms with Crippen LogP contribution in [-0.2, 0) is 11.3 Å². The topological polar surface area (TPSA) is 75.4 Å². The molecule has 2 rings (SSSR count). The van der Waals surface area contributed by atoms with Gasteiger partial charge in [0.2, 0.25) is 0 Å². The predicted octanol–water partition coefficient (Wildman–Crippen LogP) is 1.10.